The molecule has 2 fully saturated rings. The predicted octanol–water partition coefficient (Wildman–Crippen LogP) is 1.73. The van der Waals surface area contributed by atoms with E-state index in [1.54, 1.807) is 12.7 Å². The lowest BCUT2D eigenvalue weighted by molar-refractivity contribution is -0.142. The van der Waals surface area contributed by atoms with Gasteiger partial charge >= 0.3 is 0 Å². The molecule has 1 atom stereocenters. The summed E-state index contributed by atoms with van der Waals surface area (Å²) in [5, 5.41) is 7.57. The topological polar surface area (TPSA) is 87.9 Å². The van der Waals surface area contributed by atoms with Crippen LogP contribution < -0.4 is 5.32 Å². The first-order chi connectivity index (χ1) is 15.2. The van der Waals surface area contributed by atoms with Crippen LogP contribution in [0.5, 0.6) is 0 Å². The fourth-order valence-corrected chi connectivity index (χ4v) is 4.03. The van der Waals surface area contributed by atoms with Crippen LogP contribution in [0, 0.1) is 0 Å². The molecule has 10 heteroatoms. The Morgan fingerprint density at radius 2 is 2.00 bits per heavy atom. The van der Waals surface area contributed by atoms with Crippen LogP contribution in [0.4, 0.5) is 0 Å². The summed E-state index contributed by atoms with van der Waals surface area (Å²) < 4.78 is 7.37. The summed E-state index contributed by atoms with van der Waals surface area (Å²) >= 11 is 0. The number of nitrogens with one attached hydrogen (secondary N) is 1. The monoisotopic (exact) mass is 553 g/mol. The molecule has 0 aliphatic carbocycles. The number of hydrogen-bond acceptors (Lipinski definition) is 5. The molecule has 1 N–H and O–H groups in total. The van der Waals surface area contributed by atoms with Crippen LogP contribution in [0.15, 0.2) is 41.9 Å². The molecule has 9 nitrogen and oxygen atoms in total. The van der Waals surface area contributed by atoms with E-state index in [1.807, 2.05) is 9.58 Å². The summed E-state index contributed by atoms with van der Waals surface area (Å²) in [4.78, 5) is 25.6. The highest BCUT2D eigenvalue weighted by Crippen LogP contribution is 2.16. The summed E-state index contributed by atoms with van der Waals surface area (Å²) in [5.74, 6) is 1.04. The Kier molecular flexibility index (Phi) is 9.27. The molecule has 0 saturated carbocycles. The number of benzene rings is 1. The van der Waals surface area contributed by atoms with Gasteiger partial charge in [0.1, 0.15) is 18.8 Å². The van der Waals surface area contributed by atoms with Crippen LogP contribution in [-0.4, -0.2) is 81.9 Å². The van der Waals surface area contributed by atoms with Crippen molar-refractivity contribution in [1.29, 1.82) is 0 Å². The fourth-order valence-electron chi connectivity index (χ4n) is 4.03. The Morgan fingerprint density at radius 1 is 1.22 bits per heavy atom. The van der Waals surface area contributed by atoms with Crippen molar-refractivity contribution in [2.45, 2.75) is 39.0 Å². The molecular formula is C22H32IN7O2. The third-order valence-corrected chi connectivity index (χ3v) is 5.64. The van der Waals surface area contributed by atoms with E-state index in [9.17, 15) is 4.79 Å². The maximum absolute atomic E-state index is 12.6. The molecular weight excluding hydrogens is 521 g/mol. The molecule has 2 aromatic rings. The zero-order chi connectivity index (χ0) is 21.5. The van der Waals surface area contributed by atoms with E-state index in [4.69, 9.17) is 9.73 Å². The number of carbonyl (C=O) groups excluding carboxylic acids is 1. The van der Waals surface area contributed by atoms with E-state index >= 15 is 0 Å². The molecule has 0 bridgehead atoms. The van der Waals surface area contributed by atoms with Crippen molar-refractivity contribution >= 4 is 35.8 Å². The maximum atomic E-state index is 12.6. The van der Waals surface area contributed by atoms with Gasteiger partial charge in [0.2, 0.25) is 0 Å². The number of nitrogens with zero attached hydrogens (tertiary/aromatic N) is 6. The van der Waals surface area contributed by atoms with E-state index in [0.29, 0.717) is 32.8 Å². The SMILES string of the molecule is CCNC(=NCc1cccc(Cn2cncn2)c1)N1CCN(C(=O)C2CCCO2)CC1.I. The molecule has 4 rings (SSSR count). The number of rotatable bonds is 6. The normalized spacial score (nSPS) is 19.0. The molecule has 2 saturated heterocycles. The van der Waals surface area contributed by atoms with Gasteiger partial charge in [0, 0.05) is 39.3 Å². The fraction of sp³-hybridized carbons (Fsp3) is 0.545. The maximum Gasteiger partial charge on any atom is 0.251 e. The molecule has 2 aliphatic heterocycles. The quantitative estimate of drug-likeness (QED) is 0.333. The Labute approximate surface area is 206 Å². The molecule has 174 valence electrons. The number of hydrogen-bond donors (Lipinski definition) is 1. The molecule has 0 radical (unpaired) electrons. The van der Waals surface area contributed by atoms with Gasteiger partial charge in [-0.1, -0.05) is 24.3 Å². The van der Waals surface area contributed by atoms with Gasteiger partial charge < -0.3 is 19.9 Å². The summed E-state index contributed by atoms with van der Waals surface area (Å²) in [6, 6.07) is 8.40. The zero-order valence-corrected chi connectivity index (χ0v) is 20.9. The van der Waals surface area contributed by atoms with Crippen molar-refractivity contribution in [2.24, 2.45) is 4.99 Å². The summed E-state index contributed by atoms with van der Waals surface area (Å²) in [6.45, 7) is 7.83. The van der Waals surface area contributed by atoms with E-state index in [1.165, 1.54) is 5.56 Å². The molecule has 1 unspecified atom stereocenters. The molecule has 1 aromatic heterocycles. The van der Waals surface area contributed by atoms with Crippen molar-refractivity contribution in [1.82, 2.24) is 29.9 Å². The Morgan fingerprint density at radius 3 is 2.69 bits per heavy atom. The van der Waals surface area contributed by atoms with Gasteiger partial charge in [-0.15, -0.1) is 24.0 Å². The number of aromatic nitrogens is 3. The lowest BCUT2D eigenvalue weighted by Gasteiger charge is -2.37. The van der Waals surface area contributed by atoms with Gasteiger partial charge in [-0.2, -0.15) is 5.10 Å². The Bertz CT molecular complexity index is 876. The van der Waals surface area contributed by atoms with Crippen molar-refractivity contribution in [3.63, 3.8) is 0 Å². The van der Waals surface area contributed by atoms with Crippen LogP contribution in [-0.2, 0) is 22.6 Å². The molecule has 1 amide bonds. The van der Waals surface area contributed by atoms with E-state index in [2.05, 4.69) is 51.5 Å². The highest BCUT2D eigenvalue weighted by Gasteiger charge is 2.30. The van der Waals surface area contributed by atoms with Crippen LogP contribution >= 0.6 is 24.0 Å². The Hall–Kier alpha value is -2.21. The van der Waals surface area contributed by atoms with E-state index in [-0.39, 0.29) is 36.0 Å². The number of halogens is 1. The first-order valence-electron chi connectivity index (χ1n) is 11.1. The average molecular weight is 553 g/mol. The van der Waals surface area contributed by atoms with Crippen LogP contribution in [0.1, 0.15) is 30.9 Å². The lowest BCUT2D eigenvalue weighted by Crippen LogP contribution is -2.55. The third-order valence-electron chi connectivity index (χ3n) is 5.64. The Balaban J connectivity index is 0.00000289. The highest BCUT2D eigenvalue weighted by atomic mass is 127. The second kappa shape index (κ2) is 12.1. The second-order valence-electron chi connectivity index (χ2n) is 7.90. The highest BCUT2D eigenvalue weighted by molar-refractivity contribution is 14.0. The minimum absolute atomic E-state index is 0. The predicted molar refractivity (Wildman–Crippen MR) is 133 cm³/mol. The first kappa shape index (κ1) is 24.4. The van der Waals surface area contributed by atoms with Gasteiger partial charge in [0.15, 0.2) is 5.96 Å². The number of guanidine groups is 1. The van der Waals surface area contributed by atoms with Crippen molar-refractivity contribution in [2.75, 3.05) is 39.3 Å². The van der Waals surface area contributed by atoms with Crippen LogP contribution in [0.2, 0.25) is 0 Å². The molecule has 2 aliphatic rings. The van der Waals surface area contributed by atoms with E-state index < -0.39 is 0 Å². The standard InChI is InChI=1S/C22H31N7O2.HI/c1-2-24-22(28-10-8-27(9-11-28)21(30)20-7-4-12-31-20)25-14-18-5-3-6-19(13-18)15-29-17-23-16-26-29;/h3,5-6,13,16-17,20H,2,4,7-12,14-15H2,1H3,(H,24,25);1H. The zero-order valence-electron chi connectivity index (χ0n) is 18.5. The molecule has 3 heterocycles. The van der Waals surface area contributed by atoms with Crippen LogP contribution in [0.3, 0.4) is 0 Å². The van der Waals surface area contributed by atoms with Gasteiger partial charge in [-0.05, 0) is 30.9 Å². The van der Waals surface area contributed by atoms with Crippen molar-refractivity contribution < 1.29 is 9.53 Å². The smallest absolute Gasteiger partial charge is 0.251 e. The van der Waals surface area contributed by atoms with Gasteiger partial charge in [-0.25, -0.2) is 14.7 Å². The molecule has 1 aromatic carbocycles. The number of ether oxygens (including phenoxy) is 1. The number of amides is 1. The minimum Gasteiger partial charge on any atom is -0.368 e. The molecule has 32 heavy (non-hydrogen) atoms. The molecule has 0 spiro atoms. The van der Waals surface area contributed by atoms with Crippen molar-refractivity contribution in [3.8, 4) is 0 Å². The van der Waals surface area contributed by atoms with Crippen molar-refractivity contribution in [3.05, 3.63) is 48.0 Å². The first-order valence-corrected chi connectivity index (χ1v) is 11.1. The largest absolute Gasteiger partial charge is 0.368 e. The third kappa shape index (κ3) is 6.41. The summed E-state index contributed by atoms with van der Waals surface area (Å²) in [7, 11) is 0. The van der Waals surface area contributed by atoms with Gasteiger partial charge in [-0.3, -0.25) is 4.79 Å². The minimum atomic E-state index is -0.238. The number of carbonyl (C=O) groups is 1. The summed E-state index contributed by atoms with van der Waals surface area (Å²) in [6.07, 6.45) is 4.85. The number of piperazine rings is 1. The second-order valence-corrected chi connectivity index (χ2v) is 7.90. The summed E-state index contributed by atoms with van der Waals surface area (Å²) in [5.41, 5.74) is 2.32. The number of aliphatic imine (C=N–C) groups is 1. The van der Waals surface area contributed by atoms with Crippen LogP contribution in [0.25, 0.3) is 0 Å². The van der Waals surface area contributed by atoms with Gasteiger partial charge in [0.05, 0.1) is 13.1 Å². The van der Waals surface area contributed by atoms with Gasteiger partial charge in [0.25, 0.3) is 5.91 Å². The van der Waals surface area contributed by atoms with E-state index in [0.717, 1.165) is 44.0 Å². The average Bonchev–Trinajstić information content (AvgIpc) is 3.51. The lowest BCUT2D eigenvalue weighted by atomic mass is 10.1.